The fourth-order valence-corrected chi connectivity index (χ4v) is 3.05. The van der Waals surface area contributed by atoms with Gasteiger partial charge in [-0.15, -0.1) is 10.2 Å². The summed E-state index contributed by atoms with van der Waals surface area (Å²) in [7, 11) is 1.47. The summed E-state index contributed by atoms with van der Waals surface area (Å²) < 4.78 is 2.56. The van der Waals surface area contributed by atoms with E-state index in [1.165, 1.54) is 16.2 Å². The van der Waals surface area contributed by atoms with Crippen LogP contribution in [0, 0.1) is 0 Å². The maximum Gasteiger partial charge on any atom is 0.329 e. The fourth-order valence-electron chi connectivity index (χ4n) is 3.05. The van der Waals surface area contributed by atoms with Crippen molar-refractivity contribution in [2.45, 2.75) is 19.6 Å². The summed E-state index contributed by atoms with van der Waals surface area (Å²) in [5.41, 5.74) is -0.134. The van der Waals surface area contributed by atoms with Gasteiger partial charge < -0.3 is 15.2 Å². The molecule has 4 aromatic rings. The molecule has 0 bridgehead atoms. The number of rotatable bonds is 4. The van der Waals surface area contributed by atoms with Crippen molar-refractivity contribution in [2.24, 2.45) is 17.3 Å². The maximum absolute atomic E-state index is 12.3. The van der Waals surface area contributed by atoms with Crippen molar-refractivity contribution in [3.63, 3.8) is 0 Å². The molecular weight excluding hydrogens is 366 g/mol. The Kier molecular flexibility index (Phi) is 4.08. The van der Waals surface area contributed by atoms with Gasteiger partial charge in [0.25, 0.3) is 11.5 Å². The number of imidazole rings is 1. The number of fused-ring (bicyclic) bond motifs is 2. The third-order valence-electron chi connectivity index (χ3n) is 4.33. The molecule has 144 valence electrons. The predicted molar refractivity (Wildman–Crippen MR) is 101 cm³/mol. The van der Waals surface area contributed by atoms with E-state index in [1.807, 2.05) is 6.07 Å². The fraction of sp³-hybridized carbons (Fsp3) is 0.235. The second-order valence-corrected chi connectivity index (χ2v) is 6.43. The average molecular weight is 383 g/mol. The van der Waals surface area contributed by atoms with Gasteiger partial charge in [-0.25, -0.2) is 4.79 Å². The summed E-state index contributed by atoms with van der Waals surface area (Å²) in [4.78, 5) is 33.4. The molecule has 28 heavy (non-hydrogen) atoms. The first kappa shape index (κ1) is 17.7. The first-order chi connectivity index (χ1) is 13.4. The molecule has 0 aliphatic carbocycles. The molecule has 0 saturated heterocycles. The molecule has 0 unspecified atom stereocenters. The highest BCUT2D eigenvalue weighted by Crippen LogP contribution is 2.36. The third-order valence-corrected chi connectivity index (χ3v) is 4.33. The number of aliphatic hydroxyl groups is 1. The summed E-state index contributed by atoms with van der Waals surface area (Å²) in [6, 6.07) is 7.17. The summed E-state index contributed by atoms with van der Waals surface area (Å²) >= 11 is 0. The molecular formula is C17H17N7O4. The number of aromatic hydroxyl groups is 1. The van der Waals surface area contributed by atoms with Gasteiger partial charge in [-0.1, -0.05) is 18.2 Å². The zero-order chi connectivity index (χ0) is 20.0. The summed E-state index contributed by atoms with van der Waals surface area (Å²) in [5.74, 6) is -0.138. The van der Waals surface area contributed by atoms with E-state index in [1.54, 1.807) is 25.1 Å². The number of H-pyrrole nitrogens is 2. The number of hydrogen-bond acceptors (Lipinski definition) is 7. The topological polar surface area (TPSA) is 154 Å². The van der Waals surface area contributed by atoms with Gasteiger partial charge in [0.1, 0.15) is 0 Å². The Labute approximate surface area is 156 Å². The first-order valence-electron chi connectivity index (χ1n) is 8.46. The number of aromatic amines is 2. The van der Waals surface area contributed by atoms with Crippen molar-refractivity contribution >= 4 is 33.7 Å². The zero-order valence-electron chi connectivity index (χ0n) is 15.0. The minimum absolute atomic E-state index is 0.0198. The zero-order valence-corrected chi connectivity index (χ0v) is 15.0. The van der Waals surface area contributed by atoms with Crippen molar-refractivity contribution < 1.29 is 10.2 Å². The van der Waals surface area contributed by atoms with Gasteiger partial charge in [-0.3, -0.25) is 18.9 Å². The Morgan fingerprint density at radius 1 is 1.21 bits per heavy atom. The highest BCUT2D eigenvalue weighted by Gasteiger charge is 2.19. The van der Waals surface area contributed by atoms with Crippen LogP contribution in [0.5, 0.6) is 5.88 Å². The molecule has 3 heterocycles. The third kappa shape index (κ3) is 2.77. The number of azo groups is 1. The van der Waals surface area contributed by atoms with Crippen LogP contribution in [0.1, 0.15) is 6.92 Å². The molecule has 0 radical (unpaired) electrons. The van der Waals surface area contributed by atoms with Gasteiger partial charge in [-0.2, -0.15) is 4.98 Å². The van der Waals surface area contributed by atoms with Crippen LogP contribution in [-0.4, -0.2) is 40.4 Å². The van der Waals surface area contributed by atoms with E-state index in [9.17, 15) is 19.8 Å². The summed E-state index contributed by atoms with van der Waals surface area (Å²) in [5, 5.41) is 28.8. The number of benzene rings is 1. The van der Waals surface area contributed by atoms with Crippen molar-refractivity contribution in [1.29, 1.82) is 0 Å². The van der Waals surface area contributed by atoms with Crippen LogP contribution in [0.15, 0.2) is 44.1 Å². The number of aromatic nitrogens is 5. The quantitative estimate of drug-likeness (QED) is 0.392. The van der Waals surface area contributed by atoms with Crippen molar-refractivity contribution in [3.8, 4) is 5.88 Å². The Balaban J connectivity index is 1.93. The monoisotopic (exact) mass is 383 g/mol. The second kappa shape index (κ2) is 6.46. The van der Waals surface area contributed by atoms with Gasteiger partial charge in [0.05, 0.1) is 18.2 Å². The summed E-state index contributed by atoms with van der Waals surface area (Å²) in [6.07, 6.45) is -0.801. The van der Waals surface area contributed by atoms with E-state index in [0.29, 0.717) is 10.9 Å². The van der Waals surface area contributed by atoms with E-state index >= 15 is 0 Å². The molecule has 0 aliphatic rings. The van der Waals surface area contributed by atoms with E-state index in [2.05, 4.69) is 25.2 Å². The number of para-hydroxylation sites is 1. The molecule has 1 aromatic carbocycles. The number of nitrogens with one attached hydrogen (secondary N) is 2. The molecule has 0 aliphatic heterocycles. The molecule has 4 N–H and O–H groups in total. The van der Waals surface area contributed by atoms with Gasteiger partial charge in [0.2, 0.25) is 5.88 Å². The predicted octanol–water partition coefficient (Wildman–Crippen LogP) is 1.41. The molecule has 4 rings (SSSR count). The Morgan fingerprint density at radius 3 is 2.71 bits per heavy atom. The van der Waals surface area contributed by atoms with Gasteiger partial charge in [-0.05, 0) is 13.0 Å². The van der Waals surface area contributed by atoms with E-state index in [0.717, 1.165) is 0 Å². The van der Waals surface area contributed by atoms with Crippen LogP contribution in [-0.2, 0) is 13.6 Å². The van der Waals surface area contributed by atoms with Crippen molar-refractivity contribution in [2.75, 3.05) is 0 Å². The Bertz CT molecular complexity index is 1340. The van der Waals surface area contributed by atoms with Crippen LogP contribution in [0.25, 0.3) is 22.1 Å². The van der Waals surface area contributed by atoms with Crippen LogP contribution in [0.3, 0.4) is 0 Å². The van der Waals surface area contributed by atoms with Crippen molar-refractivity contribution in [1.82, 2.24) is 24.1 Å². The van der Waals surface area contributed by atoms with Gasteiger partial charge in [0.15, 0.2) is 16.9 Å². The largest absolute Gasteiger partial charge is 0.493 e. The van der Waals surface area contributed by atoms with Crippen LogP contribution in [0.2, 0.25) is 0 Å². The Hall–Kier alpha value is -3.73. The first-order valence-corrected chi connectivity index (χ1v) is 8.46. The van der Waals surface area contributed by atoms with E-state index in [-0.39, 0.29) is 35.2 Å². The minimum Gasteiger partial charge on any atom is -0.493 e. The lowest BCUT2D eigenvalue weighted by Crippen LogP contribution is -2.29. The SMILES string of the molecule is C[C@@H](O)Cn1c(N=Nc2c(O)[nH]c3ccccc23)nc2c1c(=O)[nH]c(=O)n2C. The standard InChI is InChI=1S/C17H17N7O4/c1-8(25)7-24-12-13(23(2)17(28)20-15(12)27)19-16(24)22-21-11-9-5-3-4-6-10(9)18-14(11)26/h3-6,8,18,25-26H,7H2,1-2H3,(H,20,27,28)/t8-/m1/s1. The normalized spacial score (nSPS) is 13.1. The smallest absolute Gasteiger partial charge is 0.329 e. The lowest BCUT2D eigenvalue weighted by atomic mass is 10.2. The number of aliphatic hydroxyl groups excluding tert-OH is 1. The second-order valence-electron chi connectivity index (χ2n) is 6.43. The molecule has 0 saturated carbocycles. The lowest BCUT2D eigenvalue weighted by molar-refractivity contribution is 0.175. The highest BCUT2D eigenvalue weighted by atomic mass is 16.3. The highest BCUT2D eigenvalue weighted by molar-refractivity contribution is 5.94. The molecule has 11 heteroatoms. The molecule has 11 nitrogen and oxygen atoms in total. The molecule has 0 amide bonds. The van der Waals surface area contributed by atoms with E-state index < -0.39 is 17.4 Å². The van der Waals surface area contributed by atoms with E-state index in [4.69, 9.17) is 0 Å². The summed E-state index contributed by atoms with van der Waals surface area (Å²) in [6.45, 7) is 1.57. The molecule has 0 spiro atoms. The maximum atomic E-state index is 12.3. The molecule has 3 aromatic heterocycles. The van der Waals surface area contributed by atoms with Gasteiger partial charge in [0, 0.05) is 12.4 Å². The lowest BCUT2D eigenvalue weighted by Gasteiger charge is -2.07. The number of hydrogen-bond donors (Lipinski definition) is 4. The Morgan fingerprint density at radius 2 is 1.96 bits per heavy atom. The van der Waals surface area contributed by atoms with Crippen molar-refractivity contribution in [3.05, 3.63) is 45.1 Å². The minimum atomic E-state index is -0.801. The van der Waals surface area contributed by atoms with Gasteiger partial charge >= 0.3 is 5.69 Å². The van der Waals surface area contributed by atoms with Crippen LogP contribution >= 0.6 is 0 Å². The number of nitrogens with zero attached hydrogens (tertiary/aromatic N) is 5. The van der Waals surface area contributed by atoms with Crippen LogP contribution in [0.4, 0.5) is 11.6 Å². The van der Waals surface area contributed by atoms with Crippen LogP contribution < -0.4 is 11.2 Å². The average Bonchev–Trinajstić information content (AvgIpc) is 3.15. The number of aryl methyl sites for hydroxylation is 1. The molecule has 1 atom stereocenters. The molecule has 0 fully saturated rings.